The van der Waals surface area contributed by atoms with Crippen LogP contribution in [0.3, 0.4) is 0 Å². The van der Waals surface area contributed by atoms with Gasteiger partial charge in [-0.3, -0.25) is 4.79 Å². The van der Waals surface area contributed by atoms with Gasteiger partial charge in [0.05, 0.1) is 5.92 Å². The number of carbonyl (C=O) groups is 2. The second kappa shape index (κ2) is 5.62. The fraction of sp³-hybridized carbons (Fsp3) is 0.867. The zero-order chi connectivity index (χ0) is 14.1. The quantitative estimate of drug-likeness (QED) is 0.811. The number of nitrogens with zero attached hydrogens (tertiary/aromatic N) is 1. The Bertz CT molecular complexity index is 391. The minimum Gasteiger partial charge on any atom is -0.481 e. The Morgan fingerprint density at radius 2 is 1.85 bits per heavy atom. The van der Waals surface area contributed by atoms with E-state index < -0.39 is 5.97 Å². The first kappa shape index (κ1) is 13.7. The van der Waals surface area contributed by atoms with Crippen LogP contribution in [0.15, 0.2) is 0 Å². The first-order chi connectivity index (χ1) is 9.63. The van der Waals surface area contributed by atoms with Crippen molar-refractivity contribution in [2.45, 2.75) is 63.5 Å². The summed E-state index contributed by atoms with van der Waals surface area (Å²) in [6.07, 6.45) is 7.90. The number of amides is 2. The first-order valence-electron chi connectivity index (χ1n) is 7.93. The predicted molar refractivity (Wildman–Crippen MR) is 74.4 cm³/mol. The lowest BCUT2D eigenvalue weighted by molar-refractivity contribution is -0.143. The van der Waals surface area contributed by atoms with Crippen molar-refractivity contribution >= 4 is 12.0 Å². The van der Waals surface area contributed by atoms with Gasteiger partial charge >= 0.3 is 12.0 Å². The van der Waals surface area contributed by atoms with E-state index in [1.54, 1.807) is 0 Å². The fourth-order valence-electron chi connectivity index (χ4n) is 3.17. The molecule has 3 aliphatic carbocycles. The van der Waals surface area contributed by atoms with Crippen LogP contribution in [0.4, 0.5) is 4.79 Å². The molecule has 2 N–H and O–H groups in total. The number of carboxylic acid groups (broad SMARTS) is 1. The van der Waals surface area contributed by atoms with E-state index in [0.717, 1.165) is 38.6 Å². The molecule has 3 rings (SSSR count). The van der Waals surface area contributed by atoms with Crippen LogP contribution in [0.5, 0.6) is 0 Å². The number of carboxylic acids is 1. The van der Waals surface area contributed by atoms with Crippen molar-refractivity contribution < 1.29 is 14.7 Å². The zero-order valence-corrected chi connectivity index (χ0v) is 11.9. The van der Waals surface area contributed by atoms with Gasteiger partial charge in [-0.2, -0.15) is 0 Å². The third-order valence-electron chi connectivity index (χ3n) is 4.75. The average Bonchev–Trinajstić information content (AvgIpc) is 3.28. The molecular formula is C15H24N2O3. The maximum atomic E-state index is 12.4. The van der Waals surface area contributed by atoms with Crippen LogP contribution in [0, 0.1) is 11.8 Å². The van der Waals surface area contributed by atoms with Gasteiger partial charge in [0, 0.05) is 18.6 Å². The summed E-state index contributed by atoms with van der Waals surface area (Å²) in [5.41, 5.74) is 0. The Labute approximate surface area is 119 Å². The summed E-state index contributed by atoms with van der Waals surface area (Å²) < 4.78 is 0. The van der Waals surface area contributed by atoms with Crippen LogP contribution in [0.2, 0.25) is 0 Å². The molecule has 0 aromatic carbocycles. The normalized spacial score (nSPS) is 29.8. The van der Waals surface area contributed by atoms with E-state index in [1.807, 2.05) is 4.90 Å². The molecule has 3 fully saturated rings. The molecule has 2 amide bonds. The molecule has 0 aliphatic heterocycles. The number of aliphatic carboxylic acids is 1. The van der Waals surface area contributed by atoms with Crippen LogP contribution >= 0.6 is 0 Å². The van der Waals surface area contributed by atoms with E-state index >= 15 is 0 Å². The monoisotopic (exact) mass is 280 g/mol. The van der Waals surface area contributed by atoms with Gasteiger partial charge in [-0.15, -0.1) is 0 Å². The minimum absolute atomic E-state index is 0.0374. The van der Waals surface area contributed by atoms with Gasteiger partial charge in [-0.25, -0.2) is 4.79 Å². The van der Waals surface area contributed by atoms with Gasteiger partial charge in [0.2, 0.25) is 0 Å². The third-order valence-corrected chi connectivity index (χ3v) is 4.75. The standard InChI is InChI=1S/C15H24N2O3/c18-14(19)11-2-1-3-12(8-11)16-15(20)17(13-6-7-13)9-10-4-5-10/h10-13H,1-9H2,(H,16,20)(H,18,19). The van der Waals surface area contributed by atoms with Crippen LogP contribution < -0.4 is 5.32 Å². The summed E-state index contributed by atoms with van der Waals surface area (Å²) >= 11 is 0. The maximum absolute atomic E-state index is 12.4. The molecule has 3 aliphatic rings. The summed E-state index contributed by atoms with van der Waals surface area (Å²) in [4.78, 5) is 25.5. The third kappa shape index (κ3) is 3.44. The fourth-order valence-corrected chi connectivity index (χ4v) is 3.17. The number of rotatable bonds is 5. The second-order valence-electron chi connectivity index (χ2n) is 6.68. The molecule has 0 saturated heterocycles. The molecule has 0 radical (unpaired) electrons. The highest BCUT2D eigenvalue weighted by Gasteiger charge is 2.37. The van der Waals surface area contributed by atoms with Crippen molar-refractivity contribution in [3.05, 3.63) is 0 Å². The van der Waals surface area contributed by atoms with Crippen molar-refractivity contribution in [3.8, 4) is 0 Å². The summed E-state index contributed by atoms with van der Waals surface area (Å²) in [5.74, 6) is -0.299. The van der Waals surface area contributed by atoms with Crippen molar-refractivity contribution in [3.63, 3.8) is 0 Å². The topological polar surface area (TPSA) is 69.6 Å². The number of urea groups is 1. The Hall–Kier alpha value is -1.26. The number of carbonyl (C=O) groups excluding carboxylic acids is 1. The van der Waals surface area contributed by atoms with Crippen molar-refractivity contribution in [2.75, 3.05) is 6.54 Å². The molecule has 0 bridgehead atoms. The van der Waals surface area contributed by atoms with E-state index in [4.69, 9.17) is 5.11 Å². The summed E-state index contributed by atoms with van der Waals surface area (Å²) in [6.45, 7) is 0.894. The van der Waals surface area contributed by atoms with Gasteiger partial charge < -0.3 is 15.3 Å². The number of hydrogen-bond donors (Lipinski definition) is 2. The molecule has 20 heavy (non-hydrogen) atoms. The molecule has 0 spiro atoms. The average molecular weight is 280 g/mol. The molecule has 5 nitrogen and oxygen atoms in total. The molecule has 0 heterocycles. The maximum Gasteiger partial charge on any atom is 0.317 e. The first-order valence-corrected chi connectivity index (χ1v) is 7.93. The van der Waals surface area contributed by atoms with E-state index in [0.29, 0.717) is 18.4 Å². The molecule has 3 saturated carbocycles. The molecule has 2 unspecified atom stereocenters. The Morgan fingerprint density at radius 1 is 1.10 bits per heavy atom. The summed E-state index contributed by atoms with van der Waals surface area (Å²) in [6, 6.07) is 0.516. The van der Waals surface area contributed by atoms with Gasteiger partial charge in [-0.05, 0) is 50.9 Å². The van der Waals surface area contributed by atoms with E-state index in [1.165, 1.54) is 12.8 Å². The summed E-state index contributed by atoms with van der Waals surface area (Å²) in [7, 11) is 0. The van der Waals surface area contributed by atoms with E-state index in [9.17, 15) is 9.59 Å². The lowest BCUT2D eigenvalue weighted by Crippen LogP contribution is -2.48. The largest absolute Gasteiger partial charge is 0.481 e. The smallest absolute Gasteiger partial charge is 0.317 e. The van der Waals surface area contributed by atoms with Gasteiger partial charge in [0.1, 0.15) is 0 Å². The highest BCUT2D eigenvalue weighted by Crippen LogP contribution is 2.35. The summed E-state index contributed by atoms with van der Waals surface area (Å²) in [5, 5.41) is 12.2. The number of nitrogens with one attached hydrogen (secondary N) is 1. The van der Waals surface area contributed by atoms with Crippen LogP contribution in [-0.4, -0.2) is 40.6 Å². The highest BCUT2D eigenvalue weighted by molar-refractivity contribution is 5.75. The Kier molecular flexibility index (Phi) is 3.85. The zero-order valence-electron chi connectivity index (χ0n) is 11.9. The molecule has 112 valence electrons. The SMILES string of the molecule is O=C(O)C1CCCC(NC(=O)N(CC2CC2)C2CC2)C1. The van der Waals surface area contributed by atoms with Crippen molar-refractivity contribution in [2.24, 2.45) is 11.8 Å². The Balaban J connectivity index is 1.52. The lowest BCUT2D eigenvalue weighted by atomic mass is 9.86. The molecule has 5 heteroatoms. The molecule has 0 aromatic rings. The molecule has 2 atom stereocenters. The van der Waals surface area contributed by atoms with Gasteiger partial charge in [-0.1, -0.05) is 6.42 Å². The molecular weight excluding hydrogens is 256 g/mol. The van der Waals surface area contributed by atoms with Crippen LogP contribution in [0.1, 0.15) is 51.4 Å². The second-order valence-corrected chi connectivity index (χ2v) is 6.68. The van der Waals surface area contributed by atoms with Gasteiger partial charge in [0.15, 0.2) is 0 Å². The van der Waals surface area contributed by atoms with Gasteiger partial charge in [0.25, 0.3) is 0 Å². The Morgan fingerprint density at radius 3 is 2.45 bits per heavy atom. The molecule has 0 aromatic heterocycles. The van der Waals surface area contributed by atoms with E-state index in [2.05, 4.69) is 5.32 Å². The van der Waals surface area contributed by atoms with Crippen LogP contribution in [-0.2, 0) is 4.79 Å². The van der Waals surface area contributed by atoms with Crippen LogP contribution in [0.25, 0.3) is 0 Å². The highest BCUT2D eigenvalue weighted by atomic mass is 16.4. The lowest BCUT2D eigenvalue weighted by Gasteiger charge is -2.30. The predicted octanol–water partition coefficient (Wildman–Crippen LogP) is 2.21. The van der Waals surface area contributed by atoms with Crippen molar-refractivity contribution in [1.29, 1.82) is 0 Å². The minimum atomic E-state index is -0.721. The number of hydrogen-bond acceptors (Lipinski definition) is 2. The van der Waals surface area contributed by atoms with E-state index in [-0.39, 0.29) is 18.0 Å². The van der Waals surface area contributed by atoms with Crippen molar-refractivity contribution in [1.82, 2.24) is 10.2 Å².